The molecule has 0 N–H and O–H groups in total. The molecule has 0 aromatic carbocycles. The number of pyridine rings is 1. The number of hydrogen-bond acceptors (Lipinski definition) is 2. The van der Waals surface area contributed by atoms with E-state index >= 15 is 0 Å². The number of hydrogen-bond donors (Lipinski definition) is 0. The molecule has 0 saturated heterocycles. The molecule has 3 nitrogen and oxygen atoms in total. The van der Waals surface area contributed by atoms with Crippen molar-refractivity contribution in [3.63, 3.8) is 0 Å². The molecule has 0 spiro atoms. The Labute approximate surface area is 120 Å². The lowest BCUT2D eigenvalue weighted by molar-refractivity contribution is -0.144. The van der Waals surface area contributed by atoms with Crippen LogP contribution in [0.2, 0.25) is 5.02 Å². The number of rotatable bonds is 5. The van der Waals surface area contributed by atoms with Gasteiger partial charge in [-0.1, -0.05) is 25.4 Å². The Hall–Kier alpha value is -1.30. The maximum Gasteiger partial charge on any atom is 0.406 e. The van der Waals surface area contributed by atoms with Crippen LogP contribution in [-0.2, 0) is 0 Å². The molecule has 0 saturated carbocycles. The molecule has 0 atom stereocenters. The minimum atomic E-state index is -4.45. The molecular weight excluding hydrogens is 293 g/mol. The van der Waals surface area contributed by atoms with E-state index in [9.17, 15) is 18.0 Å². The molecule has 0 aliphatic rings. The lowest BCUT2D eigenvalue weighted by Gasteiger charge is -2.31. The molecule has 7 heteroatoms. The smallest absolute Gasteiger partial charge is 0.327 e. The zero-order valence-electron chi connectivity index (χ0n) is 11.2. The number of halogens is 4. The summed E-state index contributed by atoms with van der Waals surface area (Å²) in [6.45, 7) is 2.22. The van der Waals surface area contributed by atoms with E-state index in [4.69, 9.17) is 11.6 Å². The van der Waals surface area contributed by atoms with Crippen LogP contribution < -0.4 is 0 Å². The molecule has 1 heterocycles. The summed E-state index contributed by atoms with van der Waals surface area (Å²) in [5, 5.41) is 0.0515. The molecule has 1 amide bonds. The van der Waals surface area contributed by atoms with Gasteiger partial charge in [0.2, 0.25) is 0 Å². The third-order valence-electron chi connectivity index (χ3n) is 3.00. The van der Waals surface area contributed by atoms with Gasteiger partial charge in [0, 0.05) is 18.4 Å². The van der Waals surface area contributed by atoms with Crippen molar-refractivity contribution in [2.24, 2.45) is 0 Å². The van der Waals surface area contributed by atoms with Crippen molar-refractivity contribution in [1.82, 2.24) is 9.88 Å². The number of carbonyl (C=O) groups excluding carboxylic acids is 1. The van der Waals surface area contributed by atoms with E-state index in [0.29, 0.717) is 12.8 Å². The second-order valence-corrected chi connectivity index (χ2v) is 4.78. The summed E-state index contributed by atoms with van der Waals surface area (Å²) in [6, 6.07) is 0.851. The van der Waals surface area contributed by atoms with Gasteiger partial charge in [0.1, 0.15) is 6.54 Å². The van der Waals surface area contributed by atoms with Crippen LogP contribution in [0.1, 0.15) is 37.0 Å². The highest BCUT2D eigenvalue weighted by molar-refractivity contribution is 6.33. The number of alkyl halides is 3. The van der Waals surface area contributed by atoms with Crippen LogP contribution in [0.5, 0.6) is 0 Å². The second kappa shape index (κ2) is 6.92. The summed E-state index contributed by atoms with van der Waals surface area (Å²) in [7, 11) is 0. The Balaban J connectivity index is 3.10. The molecule has 0 aliphatic carbocycles. The summed E-state index contributed by atoms with van der Waals surface area (Å²) in [6.07, 6.45) is -0.981. The number of carbonyl (C=O) groups is 1. The summed E-state index contributed by atoms with van der Waals surface area (Å²) < 4.78 is 38.0. The quantitative estimate of drug-likeness (QED) is 0.826. The van der Waals surface area contributed by atoms with Gasteiger partial charge >= 0.3 is 6.18 Å². The van der Waals surface area contributed by atoms with Gasteiger partial charge in [-0.15, -0.1) is 0 Å². The SMILES string of the molecule is CCC(CC)N(CC(F)(F)F)C(=O)c1ccncc1Cl. The second-order valence-electron chi connectivity index (χ2n) is 4.37. The highest BCUT2D eigenvalue weighted by atomic mass is 35.5. The van der Waals surface area contributed by atoms with Gasteiger partial charge in [0.15, 0.2) is 0 Å². The van der Waals surface area contributed by atoms with Gasteiger partial charge in [-0.05, 0) is 18.9 Å². The zero-order chi connectivity index (χ0) is 15.3. The van der Waals surface area contributed by atoms with Gasteiger partial charge < -0.3 is 4.90 Å². The first-order valence-corrected chi connectivity index (χ1v) is 6.65. The average molecular weight is 309 g/mol. The molecule has 1 aromatic rings. The van der Waals surface area contributed by atoms with Crippen LogP contribution in [0.15, 0.2) is 18.5 Å². The highest BCUT2D eigenvalue weighted by Crippen LogP contribution is 2.24. The number of nitrogens with zero attached hydrogens (tertiary/aromatic N) is 2. The lowest BCUT2D eigenvalue weighted by Crippen LogP contribution is -2.45. The van der Waals surface area contributed by atoms with Gasteiger partial charge in [-0.2, -0.15) is 13.2 Å². The molecule has 20 heavy (non-hydrogen) atoms. The van der Waals surface area contributed by atoms with Crippen LogP contribution in [0.3, 0.4) is 0 Å². The fraction of sp³-hybridized carbons (Fsp3) is 0.538. The van der Waals surface area contributed by atoms with Crippen molar-refractivity contribution in [3.05, 3.63) is 29.0 Å². The molecule has 0 fully saturated rings. The molecule has 0 aliphatic heterocycles. The van der Waals surface area contributed by atoms with E-state index in [1.807, 2.05) is 0 Å². The van der Waals surface area contributed by atoms with Gasteiger partial charge in [0.25, 0.3) is 5.91 Å². The topological polar surface area (TPSA) is 33.2 Å². The highest BCUT2D eigenvalue weighted by Gasteiger charge is 2.36. The summed E-state index contributed by atoms with van der Waals surface area (Å²) in [5.41, 5.74) is 0.0396. The van der Waals surface area contributed by atoms with Crippen LogP contribution in [0.4, 0.5) is 13.2 Å². The minimum absolute atomic E-state index is 0.0396. The van der Waals surface area contributed by atoms with Crippen molar-refractivity contribution in [2.75, 3.05) is 6.54 Å². The fourth-order valence-electron chi connectivity index (χ4n) is 1.99. The van der Waals surface area contributed by atoms with Crippen molar-refractivity contribution < 1.29 is 18.0 Å². The van der Waals surface area contributed by atoms with E-state index < -0.39 is 24.7 Å². The largest absolute Gasteiger partial charge is 0.406 e. The Morgan fingerprint density at radius 1 is 1.40 bits per heavy atom. The summed E-state index contributed by atoms with van der Waals surface area (Å²) in [4.78, 5) is 16.9. The molecule has 0 unspecified atom stereocenters. The lowest BCUT2D eigenvalue weighted by atomic mass is 10.1. The maximum absolute atomic E-state index is 12.7. The van der Waals surface area contributed by atoms with Crippen LogP contribution >= 0.6 is 11.6 Å². The summed E-state index contributed by atoms with van der Waals surface area (Å²) in [5.74, 6) is -0.719. The van der Waals surface area contributed by atoms with Crippen molar-refractivity contribution in [3.8, 4) is 0 Å². The predicted octanol–water partition coefficient (Wildman–Crippen LogP) is 3.93. The van der Waals surface area contributed by atoms with Crippen LogP contribution in [-0.4, -0.2) is 34.6 Å². The molecule has 1 rings (SSSR count). The first-order chi connectivity index (χ1) is 9.30. The Bertz CT molecular complexity index is 461. The summed E-state index contributed by atoms with van der Waals surface area (Å²) >= 11 is 5.83. The molecule has 1 aromatic heterocycles. The Morgan fingerprint density at radius 3 is 2.45 bits per heavy atom. The first-order valence-electron chi connectivity index (χ1n) is 6.27. The first kappa shape index (κ1) is 16.8. The third-order valence-corrected chi connectivity index (χ3v) is 3.30. The number of amides is 1. The Morgan fingerprint density at radius 2 is 2.00 bits per heavy atom. The normalized spacial score (nSPS) is 11.8. The molecule has 0 radical (unpaired) electrons. The van der Waals surface area contributed by atoms with E-state index in [2.05, 4.69) is 4.98 Å². The van der Waals surface area contributed by atoms with Gasteiger partial charge in [-0.25, -0.2) is 0 Å². The zero-order valence-corrected chi connectivity index (χ0v) is 12.0. The average Bonchev–Trinajstić information content (AvgIpc) is 2.37. The fourth-order valence-corrected chi connectivity index (χ4v) is 2.19. The van der Waals surface area contributed by atoms with Crippen molar-refractivity contribution in [1.29, 1.82) is 0 Å². The van der Waals surface area contributed by atoms with Gasteiger partial charge in [-0.3, -0.25) is 9.78 Å². The van der Waals surface area contributed by atoms with E-state index in [1.165, 1.54) is 18.5 Å². The standard InChI is InChI=1S/C13H16ClF3N2O/c1-3-9(4-2)19(8-13(15,16)17)12(20)10-5-6-18-7-11(10)14/h5-7,9H,3-4,8H2,1-2H3. The van der Waals surface area contributed by atoms with E-state index in [1.54, 1.807) is 13.8 Å². The monoisotopic (exact) mass is 308 g/mol. The maximum atomic E-state index is 12.7. The number of aromatic nitrogens is 1. The van der Waals surface area contributed by atoms with E-state index in [0.717, 1.165) is 4.90 Å². The van der Waals surface area contributed by atoms with Crippen molar-refractivity contribution >= 4 is 17.5 Å². The Kier molecular flexibility index (Phi) is 5.80. The van der Waals surface area contributed by atoms with Crippen LogP contribution in [0.25, 0.3) is 0 Å². The molecular formula is C13H16ClF3N2O. The minimum Gasteiger partial charge on any atom is -0.327 e. The van der Waals surface area contributed by atoms with E-state index in [-0.39, 0.29) is 10.6 Å². The molecule has 0 bridgehead atoms. The van der Waals surface area contributed by atoms with Gasteiger partial charge in [0.05, 0.1) is 10.6 Å². The van der Waals surface area contributed by atoms with Crippen molar-refractivity contribution in [2.45, 2.75) is 38.9 Å². The molecule has 112 valence electrons. The third kappa shape index (κ3) is 4.37. The van der Waals surface area contributed by atoms with Crippen LogP contribution in [0, 0.1) is 0 Å². The predicted molar refractivity (Wildman–Crippen MR) is 70.7 cm³/mol.